The van der Waals surface area contributed by atoms with E-state index in [-0.39, 0.29) is 18.5 Å². The fourth-order valence-electron chi connectivity index (χ4n) is 3.13. The van der Waals surface area contributed by atoms with E-state index in [1.165, 1.54) is 16.6 Å². The molecule has 1 aliphatic heterocycles. The lowest BCUT2D eigenvalue weighted by molar-refractivity contribution is -0.133. The normalized spacial score (nSPS) is 18.0. The van der Waals surface area contributed by atoms with Crippen molar-refractivity contribution in [2.24, 2.45) is 0 Å². The van der Waals surface area contributed by atoms with Gasteiger partial charge in [0.2, 0.25) is 5.91 Å². The van der Waals surface area contributed by atoms with E-state index in [1.807, 2.05) is 17.0 Å². The highest BCUT2D eigenvalue weighted by Crippen LogP contribution is 2.31. The molecule has 0 aliphatic carbocycles. The molecule has 2 aromatic heterocycles. The van der Waals surface area contributed by atoms with Crippen LogP contribution in [-0.4, -0.2) is 47.5 Å². The number of carbonyl (C=O) groups is 1. The second kappa shape index (κ2) is 5.45. The number of rotatable bonds is 3. The molecule has 8 nitrogen and oxygen atoms in total. The summed E-state index contributed by atoms with van der Waals surface area (Å²) in [6.07, 6.45) is 3.34. The predicted molar refractivity (Wildman–Crippen MR) is 82.3 cm³/mol. The van der Waals surface area contributed by atoms with E-state index >= 15 is 0 Å². The average molecular weight is 311 g/mol. The number of carbonyl (C=O) groups excluding carboxylic acids is 1. The molecular weight excluding hydrogens is 294 g/mol. The topological polar surface area (TPSA) is 92.6 Å². The van der Waals surface area contributed by atoms with Gasteiger partial charge in [-0.05, 0) is 47.9 Å². The van der Waals surface area contributed by atoms with Crippen LogP contribution in [0.1, 0.15) is 30.3 Å². The van der Waals surface area contributed by atoms with Crippen molar-refractivity contribution in [3.05, 3.63) is 35.9 Å². The van der Waals surface area contributed by atoms with Gasteiger partial charge < -0.3 is 9.88 Å². The molecule has 3 aromatic rings. The van der Waals surface area contributed by atoms with Gasteiger partial charge >= 0.3 is 0 Å². The number of imidazole rings is 1. The molecule has 1 amide bonds. The number of fused-ring (bicyclic) bond motifs is 1. The van der Waals surface area contributed by atoms with Crippen molar-refractivity contribution in [2.45, 2.75) is 32.4 Å². The van der Waals surface area contributed by atoms with Crippen LogP contribution in [0.4, 0.5) is 0 Å². The molecule has 1 aromatic carbocycles. The van der Waals surface area contributed by atoms with Gasteiger partial charge in [-0.2, -0.15) is 0 Å². The molecule has 23 heavy (non-hydrogen) atoms. The summed E-state index contributed by atoms with van der Waals surface area (Å²) in [5.41, 5.74) is 3.14. The first-order valence-electron chi connectivity index (χ1n) is 7.67. The zero-order valence-corrected chi connectivity index (χ0v) is 12.8. The van der Waals surface area contributed by atoms with Gasteiger partial charge in [-0.15, -0.1) is 5.10 Å². The van der Waals surface area contributed by atoms with Crippen LogP contribution in [0.25, 0.3) is 11.0 Å². The monoisotopic (exact) mass is 311 g/mol. The van der Waals surface area contributed by atoms with Crippen LogP contribution in [0.2, 0.25) is 0 Å². The minimum absolute atomic E-state index is 0.00770. The maximum absolute atomic E-state index is 12.5. The van der Waals surface area contributed by atoms with Crippen molar-refractivity contribution in [1.82, 2.24) is 35.1 Å². The molecule has 1 aliphatic rings. The Morgan fingerprint density at radius 3 is 3.17 bits per heavy atom. The summed E-state index contributed by atoms with van der Waals surface area (Å²) >= 11 is 0. The first kappa shape index (κ1) is 13.9. The summed E-state index contributed by atoms with van der Waals surface area (Å²) in [7, 11) is 0. The minimum Gasteiger partial charge on any atom is -0.340 e. The van der Waals surface area contributed by atoms with Gasteiger partial charge in [0.25, 0.3) is 0 Å². The molecule has 1 atom stereocenters. The molecule has 0 spiro atoms. The first-order chi connectivity index (χ1) is 11.2. The highest BCUT2D eigenvalue weighted by atomic mass is 16.2. The lowest BCUT2D eigenvalue weighted by Crippen LogP contribution is -2.34. The molecule has 0 saturated carbocycles. The third-order valence-corrected chi connectivity index (χ3v) is 4.23. The minimum atomic E-state index is -0.00770. The van der Waals surface area contributed by atoms with Crippen molar-refractivity contribution in [3.8, 4) is 0 Å². The Balaban J connectivity index is 1.59. The highest BCUT2D eigenvalue weighted by Gasteiger charge is 2.32. The Kier molecular flexibility index (Phi) is 3.29. The van der Waals surface area contributed by atoms with Crippen molar-refractivity contribution < 1.29 is 4.79 Å². The fourth-order valence-corrected chi connectivity index (χ4v) is 3.13. The van der Waals surface area contributed by atoms with Gasteiger partial charge in [0, 0.05) is 6.54 Å². The number of amides is 1. The molecule has 1 fully saturated rings. The number of hydrogen-bond acceptors (Lipinski definition) is 5. The van der Waals surface area contributed by atoms with E-state index in [4.69, 9.17) is 0 Å². The summed E-state index contributed by atoms with van der Waals surface area (Å²) in [4.78, 5) is 22.4. The van der Waals surface area contributed by atoms with Crippen LogP contribution in [0, 0.1) is 6.92 Å². The number of hydrogen-bond donors (Lipinski definition) is 1. The largest absolute Gasteiger partial charge is 0.340 e. The summed E-state index contributed by atoms with van der Waals surface area (Å²) in [6.45, 7) is 2.95. The van der Waals surface area contributed by atoms with E-state index in [9.17, 15) is 4.79 Å². The van der Waals surface area contributed by atoms with Crippen LogP contribution in [0.5, 0.6) is 0 Å². The summed E-state index contributed by atoms with van der Waals surface area (Å²) < 4.78 is 1.44. The Hall–Kier alpha value is -2.77. The van der Waals surface area contributed by atoms with Crippen LogP contribution in [0.3, 0.4) is 0 Å². The Labute approximate surface area is 132 Å². The Bertz CT molecular complexity index is 839. The third kappa shape index (κ3) is 2.56. The quantitative estimate of drug-likeness (QED) is 0.785. The Morgan fingerprint density at radius 1 is 1.43 bits per heavy atom. The number of likely N-dealkylation sites (tertiary alicyclic amines) is 1. The SMILES string of the molecule is Cc1ccc2nc(C3CCCN3C(=O)Cn3cnnn3)[nH]c2c1. The second-order valence-corrected chi connectivity index (χ2v) is 5.90. The molecule has 118 valence electrons. The van der Waals surface area contributed by atoms with E-state index in [0.29, 0.717) is 0 Å². The lowest BCUT2D eigenvalue weighted by atomic mass is 10.2. The number of benzene rings is 1. The van der Waals surface area contributed by atoms with E-state index < -0.39 is 0 Å². The number of aromatic nitrogens is 6. The van der Waals surface area contributed by atoms with Crippen LogP contribution in [-0.2, 0) is 11.3 Å². The van der Waals surface area contributed by atoms with Crippen molar-refractivity contribution in [2.75, 3.05) is 6.54 Å². The maximum Gasteiger partial charge on any atom is 0.245 e. The predicted octanol–water partition coefficient (Wildman–Crippen LogP) is 1.22. The molecule has 1 N–H and O–H groups in total. The number of aromatic amines is 1. The molecular formula is C15H17N7O. The standard InChI is InChI=1S/C15H17N7O/c1-10-4-5-11-12(7-10)18-15(17-11)13-3-2-6-22(13)14(23)8-21-9-16-19-20-21/h4-5,7,9,13H,2-3,6,8H2,1H3,(H,17,18). The van der Waals surface area contributed by atoms with Gasteiger partial charge in [-0.1, -0.05) is 6.07 Å². The van der Waals surface area contributed by atoms with Crippen molar-refractivity contribution in [3.63, 3.8) is 0 Å². The summed E-state index contributed by atoms with van der Waals surface area (Å²) in [6, 6.07) is 6.12. The number of nitrogens with one attached hydrogen (secondary N) is 1. The van der Waals surface area contributed by atoms with Crippen molar-refractivity contribution in [1.29, 1.82) is 0 Å². The van der Waals surface area contributed by atoms with Crippen molar-refractivity contribution >= 4 is 16.9 Å². The number of aryl methyl sites for hydroxylation is 1. The van der Waals surface area contributed by atoms with Gasteiger partial charge in [-0.25, -0.2) is 9.67 Å². The number of nitrogens with zero attached hydrogens (tertiary/aromatic N) is 6. The molecule has 4 rings (SSSR count). The molecule has 1 saturated heterocycles. The van der Waals surface area contributed by atoms with E-state index in [0.717, 1.165) is 36.2 Å². The van der Waals surface area contributed by atoms with Gasteiger partial charge in [0.05, 0.1) is 17.1 Å². The molecule has 1 unspecified atom stereocenters. The van der Waals surface area contributed by atoms with Crippen LogP contribution >= 0.6 is 0 Å². The van der Waals surface area contributed by atoms with Gasteiger partial charge in [-0.3, -0.25) is 4.79 Å². The first-order valence-corrected chi connectivity index (χ1v) is 7.67. The zero-order chi connectivity index (χ0) is 15.8. The third-order valence-electron chi connectivity index (χ3n) is 4.23. The van der Waals surface area contributed by atoms with Crippen LogP contribution < -0.4 is 0 Å². The Morgan fingerprint density at radius 2 is 2.35 bits per heavy atom. The average Bonchev–Trinajstić information content (AvgIpc) is 3.26. The molecule has 0 bridgehead atoms. The van der Waals surface area contributed by atoms with E-state index in [2.05, 4.69) is 38.5 Å². The fraction of sp³-hybridized carbons (Fsp3) is 0.400. The summed E-state index contributed by atoms with van der Waals surface area (Å²) in [5, 5.41) is 10.9. The maximum atomic E-state index is 12.5. The zero-order valence-electron chi connectivity index (χ0n) is 12.8. The number of H-pyrrole nitrogens is 1. The van der Waals surface area contributed by atoms with Crippen LogP contribution in [0.15, 0.2) is 24.5 Å². The lowest BCUT2D eigenvalue weighted by Gasteiger charge is -2.22. The van der Waals surface area contributed by atoms with Gasteiger partial charge in [0.1, 0.15) is 18.7 Å². The summed E-state index contributed by atoms with van der Waals surface area (Å²) in [5.74, 6) is 0.865. The molecule has 8 heteroatoms. The second-order valence-electron chi connectivity index (χ2n) is 5.90. The highest BCUT2D eigenvalue weighted by molar-refractivity contribution is 5.78. The number of tetrazole rings is 1. The smallest absolute Gasteiger partial charge is 0.245 e. The molecule has 3 heterocycles. The van der Waals surface area contributed by atoms with E-state index in [1.54, 1.807) is 0 Å². The van der Waals surface area contributed by atoms with Gasteiger partial charge in [0.15, 0.2) is 0 Å². The molecule has 0 radical (unpaired) electrons.